The summed E-state index contributed by atoms with van der Waals surface area (Å²) in [5.41, 5.74) is 9.20. The fraction of sp³-hybridized carbons (Fsp3) is 0.273. The quantitative estimate of drug-likeness (QED) is 0.631. The molecule has 3 heterocycles. The first-order valence-corrected chi connectivity index (χ1v) is 10.1. The van der Waals surface area contributed by atoms with Crippen LogP contribution in [0.4, 0.5) is 8.78 Å². The van der Waals surface area contributed by atoms with Crippen molar-refractivity contribution in [2.24, 2.45) is 5.73 Å². The highest BCUT2D eigenvalue weighted by Gasteiger charge is 2.36. The summed E-state index contributed by atoms with van der Waals surface area (Å²) < 4.78 is 28.6. The smallest absolute Gasteiger partial charge is 0.241 e. The molecule has 3 N–H and O–H groups in total. The Morgan fingerprint density at radius 3 is 2.50 bits per heavy atom. The molecule has 10 heteroatoms. The van der Waals surface area contributed by atoms with Crippen molar-refractivity contribution in [1.82, 2.24) is 24.8 Å². The van der Waals surface area contributed by atoms with Crippen LogP contribution in [0.1, 0.15) is 17.9 Å². The fourth-order valence-corrected chi connectivity index (χ4v) is 3.79. The van der Waals surface area contributed by atoms with Crippen molar-refractivity contribution < 1.29 is 18.4 Å². The summed E-state index contributed by atoms with van der Waals surface area (Å²) in [7, 11) is 1.45. The SMILES string of the molecule is CNC(=O)[C@@H](c1ccc(-c2ccc3ncnn3c2)cc1)[C@H](N)C(=O)N1CCC(F)=C(F)C1. The van der Waals surface area contributed by atoms with E-state index in [-0.39, 0.29) is 13.0 Å². The van der Waals surface area contributed by atoms with Crippen LogP contribution in [-0.2, 0) is 9.59 Å². The van der Waals surface area contributed by atoms with Gasteiger partial charge in [0.15, 0.2) is 11.5 Å². The van der Waals surface area contributed by atoms with Gasteiger partial charge in [-0.2, -0.15) is 5.10 Å². The Balaban J connectivity index is 1.58. The van der Waals surface area contributed by atoms with Gasteiger partial charge in [0.1, 0.15) is 18.2 Å². The second-order valence-corrected chi connectivity index (χ2v) is 7.54. The molecule has 0 saturated carbocycles. The number of nitrogens with two attached hydrogens (primary N) is 1. The molecule has 32 heavy (non-hydrogen) atoms. The molecule has 1 aliphatic rings. The average Bonchev–Trinajstić information content (AvgIpc) is 3.28. The van der Waals surface area contributed by atoms with E-state index in [1.807, 2.05) is 30.5 Å². The number of hydrogen-bond acceptors (Lipinski definition) is 5. The van der Waals surface area contributed by atoms with Crippen molar-refractivity contribution in [3.63, 3.8) is 0 Å². The summed E-state index contributed by atoms with van der Waals surface area (Å²) >= 11 is 0. The largest absolute Gasteiger partial charge is 0.359 e. The van der Waals surface area contributed by atoms with E-state index < -0.39 is 42.0 Å². The summed E-state index contributed by atoms with van der Waals surface area (Å²) in [6.07, 6.45) is 3.09. The van der Waals surface area contributed by atoms with Crippen LogP contribution in [0.2, 0.25) is 0 Å². The normalized spacial score (nSPS) is 16.2. The third-order valence-corrected chi connectivity index (χ3v) is 5.59. The van der Waals surface area contributed by atoms with E-state index in [9.17, 15) is 18.4 Å². The Hall–Kier alpha value is -3.66. The van der Waals surface area contributed by atoms with E-state index in [1.54, 1.807) is 16.6 Å². The van der Waals surface area contributed by atoms with Crippen molar-refractivity contribution in [3.8, 4) is 11.1 Å². The number of amides is 2. The number of pyridine rings is 1. The minimum atomic E-state index is -1.25. The Kier molecular flexibility index (Phi) is 5.95. The maximum Gasteiger partial charge on any atom is 0.241 e. The van der Waals surface area contributed by atoms with Crippen molar-refractivity contribution in [3.05, 3.63) is 66.1 Å². The molecule has 1 aliphatic heterocycles. The number of carbonyl (C=O) groups is 2. The zero-order chi connectivity index (χ0) is 22.8. The van der Waals surface area contributed by atoms with Crippen LogP contribution in [-0.4, -0.2) is 57.5 Å². The van der Waals surface area contributed by atoms with Gasteiger partial charge in [0, 0.05) is 31.8 Å². The van der Waals surface area contributed by atoms with E-state index in [0.717, 1.165) is 21.7 Å². The van der Waals surface area contributed by atoms with Gasteiger partial charge in [-0.1, -0.05) is 24.3 Å². The van der Waals surface area contributed by atoms with E-state index in [4.69, 9.17) is 5.73 Å². The lowest BCUT2D eigenvalue weighted by Crippen LogP contribution is -2.51. The van der Waals surface area contributed by atoms with E-state index in [2.05, 4.69) is 15.4 Å². The highest BCUT2D eigenvalue weighted by Crippen LogP contribution is 2.27. The number of likely N-dealkylation sites (N-methyl/N-ethyl adjacent to an activating group) is 1. The average molecular weight is 440 g/mol. The summed E-state index contributed by atoms with van der Waals surface area (Å²) in [5, 5.41) is 6.65. The highest BCUT2D eigenvalue weighted by molar-refractivity contribution is 5.93. The zero-order valence-electron chi connectivity index (χ0n) is 17.3. The Morgan fingerprint density at radius 2 is 1.81 bits per heavy atom. The second-order valence-electron chi connectivity index (χ2n) is 7.54. The first kappa shape index (κ1) is 21.6. The molecule has 3 aromatic rings. The molecule has 2 aromatic heterocycles. The topological polar surface area (TPSA) is 106 Å². The number of benzene rings is 1. The van der Waals surface area contributed by atoms with Gasteiger partial charge >= 0.3 is 0 Å². The minimum absolute atomic E-state index is 0.00987. The maximum atomic E-state index is 13.7. The van der Waals surface area contributed by atoms with E-state index in [1.165, 1.54) is 13.4 Å². The number of carbonyl (C=O) groups excluding carboxylic acids is 2. The molecule has 8 nitrogen and oxygen atoms in total. The predicted molar refractivity (Wildman–Crippen MR) is 114 cm³/mol. The van der Waals surface area contributed by atoms with Crippen molar-refractivity contribution >= 4 is 17.5 Å². The minimum Gasteiger partial charge on any atom is -0.359 e. The summed E-state index contributed by atoms with van der Waals surface area (Å²) in [6.45, 7) is -0.474. The molecule has 0 unspecified atom stereocenters. The first-order chi connectivity index (χ1) is 15.4. The molecule has 4 rings (SSSR count). The van der Waals surface area contributed by atoms with Gasteiger partial charge in [-0.25, -0.2) is 18.3 Å². The van der Waals surface area contributed by atoms with Crippen molar-refractivity contribution in [1.29, 1.82) is 0 Å². The number of nitrogens with one attached hydrogen (secondary N) is 1. The van der Waals surface area contributed by atoms with E-state index in [0.29, 0.717) is 5.56 Å². The molecular weight excluding hydrogens is 418 g/mol. The molecule has 2 atom stereocenters. The predicted octanol–water partition coefficient (Wildman–Crippen LogP) is 1.94. The molecule has 0 spiro atoms. The molecule has 166 valence electrons. The zero-order valence-corrected chi connectivity index (χ0v) is 17.3. The number of rotatable bonds is 5. The molecule has 0 saturated heterocycles. The number of hydrogen-bond donors (Lipinski definition) is 2. The molecular formula is C22H22F2N6O2. The van der Waals surface area contributed by atoms with Crippen LogP contribution >= 0.6 is 0 Å². The van der Waals surface area contributed by atoms with Crippen LogP contribution in [0.15, 0.2) is 60.6 Å². The van der Waals surface area contributed by atoms with Crippen molar-refractivity contribution in [2.75, 3.05) is 20.1 Å². The van der Waals surface area contributed by atoms with Crippen molar-refractivity contribution in [2.45, 2.75) is 18.4 Å². The number of aromatic nitrogens is 3. The van der Waals surface area contributed by atoms with Crippen LogP contribution in [0.5, 0.6) is 0 Å². The van der Waals surface area contributed by atoms with Gasteiger partial charge in [-0.15, -0.1) is 0 Å². The molecule has 0 fully saturated rings. The van der Waals surface area contributed by atoms with Gasteiger partial charge in [-0.05, 0) is 23.3 Å². The van der Waals surface area contributed by atoms with Crippen LogP contribution < -0.4 is 11.1 Å². The Labute approximate surface area is 182 Å². The highest BCUT2D eigenvalue weighted by atomic mass is 19.2. The van der Waals surface area contributed by atoms with Gasteiger partial charge in [0.2, 0.25) is 11.8 Å². The summed E-state index contributed by atoms with van der Waals surface area (Å²) in [4.78, 5) is 30.7. The number of nitrogens with zero attached hydrogens (tertiary/aromatic N) is 4. The summed E-state index contributed by atoms with van der Waals surface area (Å²) in [5.74, 6) is -3.88. The lowest BCUT2D eigenvalue weighted by Gasteiger charge is -2.31. The Bertz CT molecular complexity index is 1190. The second kappa shape index (κ2) is 8.83. The first-order valence-electron chi connectivity index (χ1n) is 10.1. The third kappa shape index (κ3) is 4.09. The standard InChI is InChI=1S/C22H22F2N6O2/c1-26-21(31)19(20(25)22(32)29-9-8-16(23)17(24)11-29)14-4-2-13(3-5-14)15-6-7-18-27-12-28-30(18)10-15/h2-7,10,12,19-20H,8-9,11,25H2,1H3,(H,26,31)/t19-,20-/m0/s1. The summed E-state index contributed by atoms with van der Waals surface area (Å²) in [6, 6.07) is 9.59. The molecule has 0 aliphatic carbocycles. The van der Waals surface area contributed by atoms with Gasteiger partial charge in [0.25, 0.3) is 0 Å². The number of fused-ring (bicyclic) bond motifs is 1. The van der Waals surface area contributed by atoms with Gasteiger partial charge in [0.05, 0.1) is 12.5 Å². The Morgan fingerprint density at radius 1 is 1.09 bits per heavy atom. The lowest BCUT2D eigenvalue weighted by molar-refractivity contribution is -0.136. The lowest BCUT2D eigenvalue weighted by atomic mass is 9.89. The molecule has 0 radical (unpaired) electrons. The van der Waals surface area contributed by atoms with Crippen LogP contribution in [0.25, 0.3) is 16.8 Å². The number of halogens is 2. The van der Waals surface area contributed by atoms with Crippen LogP contribution in [0.3, 0.4) is 0 Å². The maximum absolute atomic E-state index is 13.7. The monoisotopic (exact) mass is 440 g/mol. The van der Waals surface area contributed by atoms with Gasteiger partial charge < -0.3 is 16.0 Å². The molecule has 1 aromatic carbocycles. The van der Waals surface area contributed by atoms with E-state index >= 15 is 0 Å². The third-order valence-electron chi connectivity index (χ3n) is 5.59. The molecule has 0 bridgehead atoms. The van der Waals surface area contributed by atoms with Gasteiger partial charge in [-0.3, -0.25) is 9.59 Å². The molecule has 2 amide bonds. The van der Waals surface area contributed by atoms with Crippen LogP contribution in [0, 0.1) is 0 Å². The fourth-order valence-electron chi connectivity index (χ4n) is 3.79.